The van der Waals surface area contributed by atoms with Crippen LogP contribution in [0.25, 0.3) is 0 Å². The van der Waals surface area contributed by atoms with Crippen LogP contribution in [0.15, 0.2) is 30.3 Å². The first-order valence-corrected chi connectivity index (χ1v) is 8.87. The molecule has 0 heterocycles. The summed E-state index contributed by atoms with van der Waals surface area (Å²) in [6, 6.07) is 9.90. The Kier molecular flexibility index (Phi) is 6.20. The lowest BCUT2D eigenvalue weighted by molar-refractivity contribution is -0.133. The summed E-state index contributed by atoms with van der Waals surface area (Å²) in [4.78, 5) is 14.0. The molecule has 1 aromatic carbocycles. The third-order valence-corrected chi connectivity index (χ3v) is 4.08. The highest BCUT2D eigenvalue weighted by atomic mass is 32.2. The van der Waals surface area contributed by atoms with Gasteiger partial charge in [-0.1, -0.05) is 30.3 Å². The van der Waals surface area contributed by atoms with E-state index in [-0.39, 0.29) is 24.1 Å². The van der Waals surface area contributed by atoms with Crippen LogP contribution in [0.3, 0.4) is 0 Å². The Hall–Kier alpha value is -1.36. The smallest absolute Gasteiger partial charge is 0.223 e. The van der Waals surface area contributed by atoms with E-state index in [0.717, 1.165) is 5.56 Å². The van der Waals surface area contributed by atoms with E-state index >= 15 is 0 Å². The monoisotopic (exact) mass is 297 g/mol. The Morgan fingerprint density at radius 1 is 1.20 bits per heavy atom. The first-order valence-electron chi connectivity index (χ1n) is 6.80. The second-order valence-corrected chi connectivity index (χ2v) is 7.59. The first kappa shape index (κ1) is 16.7. The van der Waals surface area contributed by atoms with Gasteiger partial charge in [0, 0.05) is 25.3 Å². The second-order valence-electron chi connectivity index (χ2n) is 5.33. The molecule has 5 heteroatoms. The Bertz CT molecular complexity index is 523. The number of benzene rings is 1. The number of nitrogens with zero attached hydrogens (tertiary/aromatic N) is 1. The van der Waals surface area contributed by atoms with E-state index in [0.29, 0.717) is 13.0 Å². The van der Waals surface area contributed by atoms with Crippen molar-refractivity contribution in [2.24, 2.45) is 0 Å². The van der Waals surface area contributed by atoms with Crippen molar-refractivity contribution >= 4 is 15.7 Å². The summed E-state index contributed by atoms with van der Waals surface area (Å²) in [6.07, 6.45) is 1.86. The standard InChI is InChI=1S/C15H23NO3S/c1-13(2)16(12-14-8-5-4-6-9-14)15(17)10-7-11-20(3,18)19/h4-6,8-9,13H,7,10-12H2,1-3H3. The lowest BCUT2D eigenvalue weighted by atomic mass is 10.1. The fourth-order valence-electron chi connectivity index (χ4n) is 1.97. The van der Waals surface area contributed by atoms with Gasteiger partial charge < -0.3 is 4.90 Å². The quantitative estimate of drug-likeness (QED) is 0.775. The van der Waals surface area contributed by atoms with Crippen LogP contribution < -0.4 is 0 Å². The van der Waals surface area contributed by atoms with Crippen LogP contribution in [-0.4, -0.2) is 37.3 Å². The number of rotatable bonds is 7. The van der Waals surface area contributed by atoms with Gasteiger partial charge in [0.2, 0.25) is 5.91 Å². The maximum atomic E-state index is 12.2. The highest BCUT2D eigenvalue weighted by Crippen LogP contribution is 2.11. The number of hydrogen-bond donors (Lipinski definition) is 0. The molecule has 0 saturated heterocycles. The molecule has 0 aliphatic rings. The summed E-state index contributed by atoms with van der Waals surface area (Å²) in [6.45, 7) is 4.50. The number of amides is 1. The predicted octanol–water partition coefficient (Wildman–Crippen LogP) is 2.25. The molecular formula is C15H23NO3S. The molecule has 112 valence electrons. The lowest BCUT2D eigenvalue weighted by Gasteiger charge is -2.27. The summed E-state index contributed by atoms with van der Waals surface area (Å²) in [5.41, 5.74) is 1.08. The van der Waals surface area contributed by atoms with Crippen LogP contribution >= 0.6 is 0 Å². The number of hydrogen-bond acceptors (Lipinski definition) is 3. The zero-order chi connectivity index (χ0) is 15.2. The number of sulfone groups is 1. The van der Waals surface area contributed by atoms with Crippen molar-refractivity contribution in [2.75, 3.05) is 12.0 Å². The Morgan fingerprint density at radius 2 is 1.80 bits per heavy atom. The van der Waals surface area contributed by atoms with Gasteiger partial charge in [-0.2, -0.15) is 0 Å². The zero-order valence-corrected chi connectivity index (χ0v) is 13.2. The molecule has 0 fully saturated rings. The van der Waals surface area contributed by atoms with Crippen LogP contribution in [0.5, 0.6) is 0 Å². The van der Waals surface area contributed by atoms with Crippen LogP contribution in [0.2, 0.25) is 0 Å². The molecule has 0 atom stereocenters. The third-order valence-electron chi connectivity index (χ3n) is 3.05. The van der Waals surface area contributed by atoms with E-state index in [9.17, 15) is 13.2 Å². The van der Waals surface area contributed by atoms with Crippen molar-refractivity contribution in [1.29, 1.82) is 0 Å². The minimum Gasteiger partial charge on any atom is -0.336 e. The lowest BCUT2D eigenvalue weighted by Crippen LogP contribution is -2.36. The molecule has 0 radical (unpaired) electrons. The molecular weight excluding hydrogens is 274 g/mol. The molecule has 0 aromatic heterocycles. The van der Waals surface area contributed by atoms with Crippen molar-refractivity contribution in [3.8, 4) is 0 Å². The van der Waals surface area contributed by atoms with Gasteiger partial charge in [-0.25, -0.2) is 8.42 Å². The number of carbonyl (C=O) groups excluding carboxylic acids is 1. The van der Waals surface area contributed by atoms with Crippen LogP contribution in [-0.2, 0) is 21.2 Å². The van der Waals surface area contributed by atoms with Gasteiger partial charge in [-0.05, 0) is 25.8 Å². The van der Waals surface area contributed by atoms with Gasteiger partial charge >= 0.3 is 0 Å². The molecule has 0 unspecified atom stereocenters. The molecule has 0 saturated carbocycles. The van der Waals surface area contributed by atoms with E-state index < -0.39 is 9.84 Å². The summed E-state index contributed by atoms with van der Waals surface area (Å²) in [5, 5.41) is 0. The zero-order valence-electron chi connectivity index (χ0n) is 12.4. The van der Waals surface area contributed by atoms with Crippen molar-refractivity contribution in [3.05, 3.63) is 35.9 Å². The topological polar surface area (TPSA) is 54.5 Å². The Labute approximate surface area is 121 Å². The summed E-state index contributed by atoms with van der Waals surface area (Å²) >= 11 is 0. The third kappa shape index (κ3) is 6.19. The van der Waals surface area contributed by atoms with Crippen LogP contribution in [0.4, 0.5) is 0 Å². The van der Waals surface area contributed by atoms with E-state index in [4.69, 9.17) is 0 Å². The molecule has 0 N–H and O–H groups in total. The number of carbonyl (C=O) groups is 1. The van der Waals surface area contributed by atoms with E-state index in [1.54, 1.807) is 4.90 Å². The molecule has 0 aliphatic carbocycles. The fourth-order valence-corrected chi connectivity index (χ4v) is 2.64. The molecule has 0 spiro atoms. The van der Waals surface area contributed by atoms with Crippen LogP contribution in [0.1, 0.15) is 32.3 Å². The summed E-state index contributed by atoms with van der Waals surface area (Å²) in [5.74, 6) is 0.0724. The predicted molar refractivity (Wildman–Crippen MR) is 81.1 cm³/mol. The molecule has 1 aromatic rings. The fraction of sp³-hybridized carbons (Fsp3) is 0.533. The van der Waals surface area contributed by atoms with Gasteiger partial charge in [0.25, 0.3) is 0 Å². The SMILES string of the molecule is CC(C)N(Cc1ccccc1)C(=O)CCCS(C)(=O)=O. The minimum atomic E-state index is -3.00. The van der Waals surface area contributed by atoms with Crippen molar-refractivity contribution < 1.29 is 13.2 Å². The maximum Gasteiger partial charge on any atom is 0.223 e. The van der Waals surface area contributed by atoms with Crippen molar-refractivity contribution in [1.82, 2.24) is 4.90 Å². The largest absolute Gasteiger partial charge is 0.336 e. The average molecular weight is 297 g/mol. The van der Waals surface area contributed by atoms with Gasteiger partial charge in [0.1, 0.15) is 9.84 Å². The maximum absolute atomic E-state index is 12.2. The van der Waals surface area contributed by atoms with Crippen molar-refractivity contribution in [3.63, 3.8) is 0 Å². The van der Waals surface area contributed by atoms with Gasteiger partial charge in [-0.15, -0.1) is 0 Å². The second kappa shape index (κ2) is 7.43. The Morgan fingerprint density at radius 3 is 2.30 bits per heavy atom. The van der Waals surface area contributed by atoms with Crippen molar-refractivity contribution in [2.45, 2.75) is 39.3 Å². The minimum absolute atomic E-state index is 0.00695. The van der Waals surface area contributed by atoms with Gasteiger partial charge in [-0.3, -0.25) is 4.79 Å². The Balaban J connectivity index is 2.60. The van der Waals surface area contributed by atoms with E-state index in [1.165, 1.54) is 6.26 Å². The van der Waals surface area contributed by atoms with Gasteiger partial charge in [0.15, 0.2) is 0 Å². The molecule has 0 bridgehead atoms. The first-order chi connectivity index (χ1) is 9.29. The summed E-state index contributed by atoms with van der Waals surface area (Å²) in [7, 11) is -3.00. The summed E-state index contributed by atoms with van der Waals surface area (Å²) < 4.78 is 22.2. The normalized spacial score (nSPS) is 11.6. The van der Waals surface area contributed by atoms with Gasteiger partial charge in [0.05, 0.1) is 5.75 Å². The molecule has 4 nitrogen and oxygen atoms in total. The molecule has 1 amide bonds. The van der Waals surface area contributed by atoms with E-state index in [2.05, 4.69) is 0 Å². The average Bonchev–Trinajstić information content (AvgIpc) is 2.35. The highest BCUT2D eigenvalue weighted by Gasteiger charge is 2.17. The molecule has 0 aliphatic heterocycles. The molecule has 20 heavy (non-hydrogen) atoms. The van der Waals surface area contributed by atoms with Crippen LogP contribution in [0, 0.1) is 0 Å². The van der Waals surface area contributed by atoms with E-state index in [1.807, 2.05) is 44.2 Å². The highest BCUT2D eigenvalue weighted by molar-refractivity contribution is 7.90. The molecule has 1 rings (SSSR count).